The number of amides is 2. The van der Waals surface area contributed by atoms with E-state index in [1.54, 1.807) is 48.5 Å². The fourth-order valence-corrected chi connectivity index (χ4v) is 2.40. The van der Waals surface area contributed by atoms with E-state index in [0.29, 0.717) is 16.1 Å². The van der Waals surface area contributed by atoms with Gasteiger partial charge in [-0.15, -0.1) is 0 Å². The lowest BCUT2D eigenvalue weighted by Crippen LogP contribution is -2.48. The second kappa shape index (κ2) is 9.34. The molecule has 0 radical (unpaired) electrons. The molecule has 0 saturated carbocycles. The predicted octanol–water partition coefficient (Wildman–Crippen LogP) is 2.13. The Labute approximate surface area is 169 Å². The van der Waals surface area contributed by atoms with Crippen LogP contribution in [0.2, 0.25) is 5.02 Å². The van der Waals surface area contributed by atoms with E-state index in [-0.39, 0.29) is 5.70 Å². The first kappa shape index (κ1) is 20.7. The second-order valence-corrected chi connectivity index (χ2v) is 6.94. The maximum Gasteiger partial charge on any atom is 0.268 e. The highest BCUT2D eigenvalue weighted by Crippen LogP contribution is 2.14. The van der Waals surface area contributed by atoms with E-state index >= 15 is 0 Å². The lowest BCUT2D eigenvalue weighted by Gasteiger charge is -2.17. The molecule has 6 nitrogen and oxygen atoms in total. The van der Waals surface area contributed by atoms with Crippen molar-refractivity contribution >= 4 is 51.4 Å². The van der Waals surface area contributed by atoms with Crippen LogP contribution in [0, 0.1) is 0 Å². The Morgan fingerprint density at radius 1 is 1.07 bits per heavy atom. The molecule has 8 heteroatoms. The SMILES string of the molecule is C[C@H](NC(=O)/C(=C/c1ccc(Cl)cc1)NC(=O)c1ccc(Br)cc1)C(=O)[O-]. The minimum absolute atomic E-state index is 0.113. The second-order valence-electron chi connectivity index (χ2n) is 5.58. The number of benzene rings is 2. The molecule has 0 bridgehead atoms. The van der Waals surface area contributed by atoms with Crippen LogP contribution in [0.3, 0.4) is 0 Å². The molecule has 2 aromatic carbocycles. The number of carbonyl (C=O) groups is 3. The van der Waals surface area contributed by atoms with Gasteiger partial charge >= 0.3 is 0 Å². The summed E-state index contributed by atoms with van der Waals surface area (Å²) in [6, 6.07) is 11.9. The van der Waals surface area contributed by atoms with E-state index in [1.807, 2.05) is 0 Å². The zero-order chi connectivity index (χ0) is 20.0. The topological polar surface area (TPSA) is 98.3 Å². The number of hydrogen-bond acceptors (Lipinski definition) is 4. The van der Waals surface area contributed by atoms with Crippen LogP contribution in [-0.4, -0.2) is 23.8 Å². The van der Waals surface area contributed by atoms with Crippen molar-refractivity contribution in [2.45, 2.75) is 13.0 Å². The van der Waals surface area contributed by atoms with Crippen LogP contribution >= 0.6 is 27.5 Å². The Balaban J connectivity index is 2.29. The third kappa shape index (κ3) is 6.23. The molecule has 0 unspecified atom stereocenters. The van der Waals surface area contributed by atoms with Gasteiger partial charge in [-0.05, 0) is 55.0 Å². The maximum absolute atomic E-state index is 12.4. The van der Waals surface area contributed by atoms with Gasteiger partial charge in [-0.25, -0.2) is 0 Å². The standard InChI is InChI=1S/C19H16BrClN2O4/c1-11(19(26)27)22-18(25)16(10-12-2-8-15(21)9-3-12)23-17(24)13-4-6-14(20)7-5-13/h2-11H,1H3,(H,22,25)(H,23,24)(H,26,27)/p-1/b16-10-/t11-/m0/s1. The summed E-state index contributed by atoms with van der Waals surface area (Å²) in [5.41, 5.74) is 0.820. The van der Waals surface area contributed by atoms with Crippen molar-refractivity contribution in [2.24, 2.45) is 0 Å². The summed E-state index contributed by atoms with van der Waals surface area (Å²) >= 11 is 9.13. The highest BCUT2D eigenvalue weighted by Gasteiger charge is 2.17. The van der Waals surface area contributed by atoms with E-state index in [2.05, 4.69) is 26.6 Å². The molecule has 140 valence electrons. The van der Waals surface area contributed by atoms with Crippen LogP contribution in [0.1, 0.15) is 22.8 Å². The molecule has 2 amide bonds. The third-order valence-corrected chi connectivity index (χ3v) is 4.26. The molecule has 0 saturated heterocycles. The highest BCUT2D eigenvalue weighted by molar-refractivity contribution is 9.10. The van der Waals surface area contributed by atoms with Crippen LogP contribution in [0.25, 0.3) is 6.08 Å². The zero-order valence-corrected chi connectivity index (χ0v) is 16.5. The molecule has 0 heterocycles. The first-order valence-electron chi connectivity index (χ1n) is 7.82. The van der Waals surface area contributed by atoms with E-state index in [4.69, 9.17) is 11.6 Å². The number of halogens is 2. The fourth-order valence-electron chi connectivity index (χ4n) is 2.01. The summed E-state index contributed by atoms with van der Waals surface area (Å²) < 4.78 is 0.802. The van der Waals surface area contributed by atoms with Crippen molar-refractivity contribution in [3.05, 3.63) is 74.9 Å². The highest BCUT2D eigenvalue weighted by atomic mass is 79.9. The van der Waals surface area contributed by atoms with E-state index in [9.17, 15) is 19.5 Å². The van der Waals surface area contributed by atoms with Gasteiger partial charge in [0.1, 0.15) is 5.70 Å². The van der Waals surface area contributed by atoms with Gasteiger partial charge in [0.2, 0.25) is 0 Å². The summed E-state index contributed by atoms with van der Waals surface area (Å²) in [6.07, 6.45) is 1.42. The quantitative estimate of drug-likeness (QED) is 0.659. The average molecular weight is 451 g/mol. The Morgan fingerprint density at radius 3 is 2.22 bits per heavy atom. The number of carbonyl (C=O) groups excluding carboxylic acids is 3. The van der Waals surface area contributed by atoms with Crippen molar-refractivity contribution in [3.8, 4) is 0 Å². The van der Waals surface area contributed by atoms with E-state index < -0.39 is 23.8 Å². The number of carboxylic acids is 1. The van der Waals surface area contributed by atoms with Gasteiger partial charge in [0.05, 0.1) is 12.0 Å². The Bertz CT molecular complexity index is 880. The summed E-state index contributed by atoms with van der Waals surface area (Å²) in [5.74, 6) is -2.71. The molecule has 0 aliphatic carbocycles. The van der Waals surface area contributed by atoms with Crippen LogP contribution in [0.4, 0.5) is 0 Å². The van der Waals surface area contributed by atoms with Crippen molar-refractivity contribution < 1.29 is 19.5 Å². The Kier molecular flexibility index (Phi) is 7.15. The van der Waals surface area contributed by atoms with Crippen molar-refractivity contribution in [2.75, 3.05) is 0 Å². The van der Waals surface area contributed by atoms with Crippen LogP contribution < -0.4 is 15.7 Å². The van der Waals surface area contributed by atoms with Crippen molar-refractivity contribution in [1.29, 1.82) is 0 Å². The van der Waals surface area contributed by atoms with Gasteiger partial charge in [0, 0.05) is 15.1 Å². The van der Waals surface area contributed by atoms with Gasteiger partial charge in [-0.3, -0.25) is 9.59 Å². The first-order valence-corrected chi connectivity index (χ1v) is 8.99. The number of carboxylic acid groups (broad SMARTS) is 1. The third-order valence-electron chi connectivity index (χ3n) is 3.48. The summed E-state index contributed by atoms with van der Waals surface area (Å²) in [5, 5.41) is 16.2. The minimum Gasteiger partial charge on any atom is -0.548 e. The average Bonchev–Trinajstić information content (AvgIpc) is 2.63. The molecule has 2 rings (SSSR count). The molecule has 0 aliphatic rings. The van der Waals surface area contributed by atoms with E-state index in [0.717, 1.165) is 4.47 Å². The van der Waals surface area contributed by atoms with Crippen LogP contribution in [-0.2, 0) is 9.59 Å². The fraction of sp³-hybridized carbons (Fsp3) is 0.105. The molecular weight excluding hydrogens is 436 g/mol. The Morgan fingerprint density at radius 2 is 1.67 bits per heavy atom. The number of nitrogens with one attached hydrogen (secondary N) is 2. The predicted molar refractivity (Wildman–Crippen MR) is 104 cm³/mol. The smallest absolute Gasteiger partial charge is 0.268 e. The van der Waals surface area contributed by atoms with Crippen LogP contribution in [0.5, 0.6) is 0 Å². The molecule has 0 spiro atoms. The minimum atomic E-state index is -1.44. The number of aliphatic carboxylic acids is 1. The molecule has 0 fully saturated rings. The molecule has 27 heavy (non-hydrogen) atoms. The molecule has 0 aliphatic heterocycles. The largest absolute Gasteiger partial charge is 0.548 e. The number of rotatable bonds is 6. The maximum atomic E-state index is 12.4. The monoisotopic (exact) mass is 449 g/mol. The Hall–Kier alpha value is -2.64. The van der Waals surface area contributed by atoms with Gasteiger partial charge < -0.3 is 20.5 Å². The molecule has 1 atom stereocenters. The normalized spacial score (nSPS) is 12.2. The number of hydrogen-bond donors (Lipinski definition) is 2. The van der Waals surface area contributed by atoms with Crippen molar-refractivity contribution in [1.82, 2.24) is 10.6 Å². The molecular formula is C19H15BrClN2O4-. The lowest BCUT2D eigenvalue weighted by molar-refractivity contribution is -0.307. The molecule has 2 N–H and O–H groups in total. The van der Waals surface area contributed by atoms with Gasteiger partial charge in [0.25, 0.3) is 11.8 Å². The van der Waals surface area contributed by atoms with Gasteiger partial charge in [0.15, 0.2) is 0 Å². The first-order chi connectivity index (χ1) is 12.8. The lowest BCUT2D eigenvalue weighted by atomic mass is 10.1. The van der Waals surface area contributed by atoms with Crippen LogP contribution in [0.15, 0.2) is 58.7 Å². The van der Waals surface area contributed by atoms with E-state index in [1.165, 1.54) is 13.0 Å². The summed E-state index contributed by atoms with van der Waals surface area (Å²) in [7, 11) is 0. The zero-order valence-electron chi connectivity index (χ0n) is 14.2. The van der Waals surface area contributed by atoms with Gasteiger partial charge in [-0.1, -0.05) is 39.7 Å². The molecule has 2 aromatic rings. The van der Waals surface area contributed by atoms with Gasteiger partial charge in [-0.2, -0.15) is 0 Å². The summed E-state index contributed by atoms with van der Waals surface area (Å²) in [4.78, 5) is 35.7. The summed E-state index contributed by atoms with van der Waals surface area (Å²) in [6.45, 7) is 1.27. The van der Waals surface area contributed by atoms with Crippen molar-refractivity contribution in [3.63, 3.8) is 0 Å². The molecule has 0 aromatic heterocycles.